The Kier molecular flexibility index (Phi) is 11.8. The Labute approximate surface area is 487 Å². The van der Waals surface area contributed by atoms with Crippen LogP contribution in [0.2, 0.25) is 0 Å². The first-order valence-electron chi connectivity index (χ1n) is 29.9. The molecule has 0 spiro atoms. The lowest BCUT2D eigenvalue weighted by atomic mass is 9.36. The van der Waals surface area contributed by atoms with Crippen molar-refractivity contribution in [1.29, 1.82) is 0 Å². The van der Waals surface area contributed by atoms with Crippen molar-refractivity contribution in [3.8, 4) is 66.8 Å². The van der Waals surface area contributed by atoms with Gasteiger partial charge in [-0.3, -0.25) is 0 Å². The molecular weight excluding hydrogens is 983 g/mol. The standard InChI is InChI=1S/C80H72B2/c1-41-45(5)53(13)77-71(49(41)9)72-50(10)42(2)46(6)54(14)78(72)81(77)69-39-67(61-33-25-23-31-59(61)57-27-19-17-20-28-57)63-36-38-66-70(82-79-55(15)47(7)43(3)51(11)73(79)74-52(12)44(4)48(8)56(16)80(74)82)40-68(64-35-37-65(69)75(63)76(64)66)62-34-26-24-32-60(62)58-29-21-18-22-30-58/h17-40H,1-16H3. The summed E-state index contributed by atoms with van der Waals surface area (Å²) in [5.41, 5.74) is 47.1. The minimum absolute atomic E-state index is 0.00761. The van der Waals surface area contributed by atoms with Crippen molar-refractivity contribution in [1.82, 2.24) is 0 Å². The summed E-state index contributed by atoms with van der Waals surface area (Å²) < 4.78 is 0. The lowest BCUT2D eigenvalue weighted by Crippen LogP contribution is -2.52. The summed E-state index contributed by atoms with van der Waals surface area (Å²) in [4.78, 5) is 0. The SMILES string of the molecule is Cc1c(C)c(C)c2c(c1C)B(c1cc(-c3ccccc3-c3ccccc3)c3ccc4c(B5c6c(C)c(C)c(C)c(C)c6-c6c(C)c(C)c(C)c(C)c65)cc(-c5ccccc5-c5ccccc5)c5ccc1c3c45)c1c(C)c(C)c(C)c(C)c1-2. The summed E-state index contributed by atoms with van der Waals surface area (Å²) in [5.74, 6) is 0. The second kappa shape index (κ2) is 18.7. The fraction of sp³-hybridized carbons (Fsp3) is 0.200. The van der Waals surface area contributed by atoms with E-state index in [4.69, 9.17) is 0 Å². The molecule has 0 aliphatic carbocycles. The zero-order chi connectivity index (χ0) is 57.2. The van der Waals surface area contributed by atoms with E-state index in [1.165, 1.54) is 221 Å². The molecule has 0 fully saturated rings. The Morgan fingerprint density at radius 2 is 0.451 bits per heavy atom. The molecule has 0 nitrogen and oxygen atoms in total. The van der Waals surface area contributed by atoms with Crippen LogP contribution in [-0.4, -0.2) is 13.4 Å². The highest BCUT2D eigenvalue weighted by Crippen LogP contribution is 2.48. The van der Waals surface area contributed by atoms with Crippen molar-refractivity contribution >= 4 is 78.5 Å². The van der Waals surface area contributed by atoms with Gasteiger partial charge in [-0.2, -0.15) is 0 Å². The molecule has 0 unspecified atom stereocenters. The van der Waals surface area contributed by atoms with Gasteiger partial charge in [0.15, 0.2) is 0 Å². The van der Waals surface area contributed by atoms with Gasteiger partial charge in [-0.25, -0.2) is 0 Å². The highest BCUT2D eigenvalue weighted by Gasteiger charge is 2.44. The molecule has 12 aromatic rings. The number of hydrogen-bond donors (Lipinski definition) is 0. The first kappa shape index (κ1) is 51.9. The number of hydrogen-bond acceptors (Lipinski definition) is 0. The van der Waals surface area contributed by atoms with E-state index in [0.29, 0.717) is 0 Å². The molecule has 0 amide bonds. The molecule has 0 N–H and O–H groups in total. The second-order valence-electron chi connectivity index (χ2n) is 24.9. The molecule has 2 heteroatoms. The number of fused-ring (bicyclic) bond motifs is 6. The van der Waals surface area contributed by atoms with Crippen LogP contribution < -0.4 is 32.8 Å². The van der Waals surface area contributed by atoms with Crippen LogP contribution in [0.15, 0.2) is 146 Å². The molecule has 14 rings (SSSR count). The maximum Gasteiger partial charge on any atom is 0.244 e. The summed E-state index contributed by atoms with van der Waals surface area (Å²) in [5, 5.41) is 7.98. The molecule has 0 atom stereocenters. The van der Waals surface area contributed by atoms with Crippen molar-refractivity contribution in [3.05, 3.63) is 235 Å². The molecule has 2 heterocycles. The van der Waals surface area contributed by atoms with Crippen LogP contribution in [0.4, 0.5) is 0 Å². The largest absolute Gasteiger partial charge is 0.244 e. The van der Waals surface area contributed by atoms with Gasteiger partial charge in [-0.05, 0) is 277 Å². The molecule has 2 aliphatic rings. The van der Waals surface area contributed by atoms with E-state index in [-0.39, 0.29) is 13.4 Å². The van der Waals surface area contributed by atoms with Gasteiger partial charge in [0.2, 0.25) is 13.4 Å². The lowest BCUT2D eigenvalue weighted by Gasteiger charge is -2.27. The van der Waals surface area contributed by atoms with Crippen LogP contribution in [0.5, 0.6) is 0 Å². The van der Waals surface area contributed by atoms with Crippen LogP contribution in [-0.2, 0) is 0 Å². The minimum atomic E-state index is 0.00761. The zero-order valence-corrected chi connectivity index (χ0v) is 51.0. The highest BCUT2D eigenvalue weighted by atomic mass is 14.3. The van der Waals surface area contributed by atoms with E-state index in [9.17, 15) is 0 Å². The quantitative estimate of drug-likeness (QED) is 0.115. The van der Waals surface area contributed by atoms with E-state index in [2.05, 4.69) is 256 Å². The van der Waals surface area contributed by atoms with Crippen LogP contribution in [0.25, 0.3) is 99.1 Å². The molecule has 82 heavy (non-hydrogen) atoms. The van der Waals surface area contributed by atoms with Crippen molar-refractivity contribution < 1.29 is 0 Å². The van der Waals surface area contributed by atoms with E-state index < -0.39 is 0 Å². The van der Waals surface area contributed by atoms with Crippen LogP contribution in [0, 0.1) is 111 Å². The predicted octanol–water partition coefficient (Wildman–Crippen LogP) is 17.2. The Hall–Kier alpha value is -8.19. The molecule has 0 aromatic heterocycles. The number of rotatable bonds is 6. The molecule has 12 aromatic carbocycles. The molecule has 0 saturated heterocycles. The highest BCUT2D eigenvalue weighted by molar-refractivity contribution is 7.02. The molecule has 0 saturated carbocycles. The van der Waals surface area contributed by atoms with E-state index >= 15 is 0 Å². The van der Waals surface area contributed by atoms with Crippen LogP contribution in [0.3, 0.4) is 0 Å². The Balaban J connectivity index is 1.22. The summed E-state index contributed by atoms with van der Waals surface area (Å²) >= 11 is 0. The van der Waals surface area contributed by atoms with Gasteiger partial charge in [-0.15, -0.1) is 0 Å². The summed E-state index contributed by atoms with van der Waals surface area (Å²) in [7, 11) is 0. The van der Waals surface area contributed by atoms with Gasteiger partial charge in [0, 0.05) is 0 Å². The molecule has 398 valence electrons. The van der Waals surface area contributed by atoms with Gasteiger partial charge in [0.05, 0.1) is 0 Å². The smallest absolute Gasteiger partial charge is 0.0622 e. The van der Waals surface area contributed by atoms with Crippen molar-refractivity contribution in [2.24, 2.45) is 0 Å². The minimum Gasteiger partial charge on any atom is -0.0622 e. The Bertz CT molecular complexity index is 4340. The normalized spacial score (nSPS) is 12.6. The number of benzene rings is 12. The summed E-state index contributed by atoms with van der Waals surface area (Å²) in [6.07, 6.45) is 0. The maximum atomic E-state index is 2.66. The average Bonchev–Trinajstić information content (AvgIpc) is 1.96. The average molecular weight is 1060 g/mol. The van der Waals surface area contributed by atoms with Crippen molar-refractivity contribution in [3.63, 3.8) is 0 Å². The molecular formula is C80H72B2. The Morgan fingerprint density at radius 1 is 0.207 bits per heavy atom. The summed E-state index contributed by atoms with van der Waals surface area (Å²) in [6, 6.07) is 56.1. The Morgan fingerprint density at radius 3 is 0.744 bits per heavy atom. The first-order valence-corrected chi connectivity index (χ1v) is 29.9. The predicted molar refractivity (Wildman–Crippen MR) is 361 cm³/mol. The second-order valence-corrected chi connectivity index (χ2v) is 24.9. The van der Waals surface area contributed by atoms with Gasteiger partial charge in [0.25, 0.3) is 0 Å². The fourth-order valence-electron chi connectivity index (χ4n) is 16.2. The van der Waals surface area contributed by atoms with Gasteiger partial charge >= 0.3 is 0 Å². The lowest BCUT2D eigenvalue weighted by molar-refractivity contribution is 1.22. The molecule has 2 aliphatic heterocycles. The van der Waals surface area contributed by atoms with E-state index in [0.717, 1.165) is 0 Å². The van der Waals surface area contributed by atoms with Crippen LogP contribution >= 0.6 is 0 Å². The van der Waals surface area contributed by atoms with Crippen LogP contribution in [0.1, 0.15) is 89.0 Å². The van der Waals surface area contributed by atoms with Gasteiger partial charge < -0.3 is 0 Å². The maximum absolute atomic E-state index is 2.66. The van der Waals surface area contributed by atoms with Gasteiger partial charge in [0.1, 0.15) is 0 Å². The monoisotopic (exact) mass is 1050 g/mol. The topological polar surface area (TPSA) is 0 Å². The zero-order valence-electron chi connectivity index (χ0n) is 51.0. The van der Waals surface area contributed by atoms with Crippen molar-refractivity contribution in [2.45, 2.75) is 111 Å². The third-order valence-electron chi connectivity index (χ3n) is 21.8. The fourth-order valence-corrected chi connectivity index (χ4v) is 16.2. The summed E-state index contributed by atoms with van der Waals surface area (Å²) in [6.45, 7) is 38.2. The van der Waals surface area contributed by atoms with Crippen molar-refractivity contribution in [2.75, 3.05) is 0 Å². The third-order valence-corrected chi connectivity index (χ3v) is 21.8. The first-order chi connectivity index (χ1) is 39.4. The third kappa shape index (κ3) is 6.94. The molecule has 0 radical (unpaired) electrons. The van der Waals surface area contributed by atoms with E-state index in [1.54, 1.807) is 0 Å². The van der Waals surface area contributed by atoms with E-state index in [1.807, 2.05) is 0 Å². The molecule has 0 bridgehead atoms. The van der Waals surface area contributed by atoms with Gasteiger partial charge in [-0.1, -0.05) is 201 Å².